The van der Waals surface area contributed by atoms with Gasteiger partial charge in [0, 0.05) is 18.8 Å². The Morgan fingerprint density at radius 1 is 1.25 bits per heavy atom. The Labute approximate surface area is 159 Å². The molecule has 0 saturated carbocycles. The van der Waals surface area contributed by atoms with Crippen LogP contribution in [0.15, 0.2) is 34.3 Å². The molecule has 3 rings (SSSR count). The first kappa shape index (κ1) is 20.0. The highest BCUT2D eigenvalue weighted by Crippen LogP contribution is 2.34. The maximum absolute atomic E-state index is 14.2. The van der Waals surface area contributed by atoms with Crippen molar-refractivity contribution < 1.29 is 17.6 Å². The summed E-state index contributed by atoms with van der Waals surface area (Å²) in [5.74, 6) is -1.17. The number of anilines is 1. The second-order valence-corrected chi connectivity index (χ2v) is 6.52. The standard InChI is InChI=1S/C16H14F4N6OS/c17-11-8(2-1-3-9(11)16(18,19)20)7-28-15-25-13(22-5-4-21)12-14(26-15)24-10(27)6-23-12/h1-3,6H,4-5,7,21H2,(H2,22,24,25,26,27). The second-order valence-electron chi connectivity index (χ2n) is 5.58. The van der Waals surface area contributed by atoms with Gasteiger partial charge in [-0.2, -0.15) is 13.2 Å². The number of alkyl halides is 3. The number of nitrogens with one attached hydrogen (secondary N) is 2. The Kier molecular flexibility index (Phi) is 5.79. The first-order chi connectivity index (χ1) is 13.3. The summed E-state index contributed by atoms with van der Waals surface area (Å²) < 4.78 is 52.7. The molecule has 4 N–H and O–H groups in total. The number of nitrogens with zero attached hydrogens (tertiary/aromatic N) is 3. The maximum atomic E-state index is 14.2. The van der Waals surface area contributed by atoms with E-state index in [1.54, 1.807) is 0 Å². The van der Waals surface area contributed by atoms with Gasteiger partial charge in [0.15, 0.2) is 16.6 Å². The summed E-state index contributed by atoms with van der Waals surface area (Å²) in [6.45, 7) is 0.687. The normalized spacial score (nSPS) is 11.8. The Bertz CT molecular complexity index is 1060. The van der Waals surface area contributed by atoms with Crippen molar-refractivity contribution in [3.63, 3.8) is 0 Å². The molecule has 0 aliphatic carbocycles. The van der Waals surface area contributed by atoms with Crippen LogP contribution >= 0.6 is 11.8 Å². The minimum Gasteiger partial charge on any atom is -0.367 e. The molecule has 148 valence electrons. The minimum atomic E-state index is -4.78. The maximum Gasteiger partial charge on any atom is 0.419 e. The molecule has 1 aromatic carbocycles. The van der Waals surface area contributed by atoms with Gasteiger partial charge in [0.25, 0.3) is 5.56 Å². The summed E-state index contributed by atoms with van der Waals surface area (Å²) in [6, 6.07) is 3.08. The van der Waals surface area contributed by atoms with Gasteiger partial charge in [0.05, 0.1) is 11.8 Å². The van der Waals surface area contributed by atoms with E-state index in [9.17, 15) is 22.4 Å². The van der Waals surface area contributed by atoms with Crippen LogP contribution in [0.5, 0.6) is 0 Å². The molecule has 3 aromatic rings. The molecule has 0 aliphatic heterocycles. The van der Waals surface area contributed by atoms with Crippen molar-refractivity contribution in [1.82, 2.24) is 19.9 Å². The molecule has 0 radical (unpaired) electrons. The van der Waals surface area contributed by atoms with Gasteiger partial charge in [-0.05, 0) is 11.6 Å². The van der Waals surface area contributed by atoms with Crippen LogP contribution in [0.3, 0.4) is 0 Å². The highest BCUT2D eigenvalue weighted by molar-refractivity contribution is 7.98. The molecule has 12 heteroatoms. The zero-order valence-corrected chi connectivity index (χ0v) is 15.0. The molecule has 0 amide bonds. The highest BCUT2D eigenvalue weighted by atomic mass is 32.2. The van der Waals surface area contributed by atoms with Crippen LogP contribution < -0.4 is 16.6 Å². The number of fused-ring (bicyclic) bond motifs is 1. The van der Waals surface area contributed by atoms with Gasteiger partial charge in [-0.1, -0.05) is 23.9 Å². The van der Waals surface area contributed by atoms with Gasteiger partial charge in [0.2, 0.25) is 0 Å². The number of thioether (sulfide) groups is 1. The third-order valence-electron chi connectivity index (χ3n) is 3.59. The lowest BCUT2D eigenvalue weighted by molar-refractivity contribution is -0.140. The summed E-state index contributed by atoms with van der Waals surface area (Å²) in [5, 5.41) is 3.07. The number of benzene rings is 1. The first-order valence-electron chi connectivity index (χ1n) is 7.98. The van der Waals surface area contributed by atoms with Crippen LogP contribution in [0.25, 0.3) is 11.2 Å². The van der Waals surface area contributed by atoms with E-state index in [4.69, 9.17) is 5.73 Å². The van der Waals surface area contributed by atoms with Crippen molar-refractivity contribution in [2.24, 2.45) is 5.73 Å². The van der Waals surface area contributed by atoms with E-state index >= 15 is 0 Å². The fraction of sp³-hybridized carbons (Fsp3) is 0.250. The Hall–Kier alpha value is -2.73. The molecular formula is C16H14F4N6OS. The Morgan fingerprint density at radius 3 is 2.75 bits per heavy atom. The van der Waals surface area contributed by atoms with Gasteiger partial charge in [-0.15, -0.1) is 0 Å². The molecular weight excluding hydrogens is 400 g/mol. The van der Waals surface area contributed by atoms with E-state index in [-0.39, 0.29) is 22.1 Å². The van der Waals surface area contributed by atoms with E-state index < -0.39 is 23.1 Å². The molecule has 2 aromatic heterocycles. The smallest absolute Gasteiger partial charge is 0.367 e. The van der Waals surface area contributed by atoms with Crippen molar-refractivity contribution in [3.05, 3.63) is 51.7 Å². The SMILES string of the molecule is NCCNc1nc(SCc2cccc(C(F)(F)F)c2F)nc2[nH]c(=O)cnc12. The molecule has 28 heavy (non-hydrogen) atoms. The Morgan fingerprint density at radius 2 is 2.04 bits per heavy atom. The number of hydrogen-bond acceptors (Lipinski definition) is 7. The molecule has 0 fully saturated rings. The molecule has 2 heterocycles. The first-order valence-corrected chi connectivity index (χ1v) is 8.96. The molecule has 0 spiro atoms. The predicted octanol–water partition coefficient (Wildman–Crippen LogP) is 2.53. The van der Waals surface area contributed by atoms with Crippen molar-refractivity contribution >= 4 is 28.7 Å². The largest absolute Gasteiger partial charge is 0.419 e. The number of hydrogen-bond donors (Lipinski definition) is 3. The van der Waals surface area contributed by atoms with E-state index in [0.29, 0.717) is 30.5 Å². The van der Waals surface area contributed by atoms with Crippen molar-refractivity contribution in [1.29, 1.82) is 0 Å². The minimum absolute atomic E-state index is 0.132. The lowest BCUT2D eigenvalue weighted by atomic mass is 10.1. The topological polar surface area (TPSA) is 110 Å². The monoisotopic (exact) mass is 414 g/mol. The van der Waals surface area contributed by atoms with Crippen LogP contribution in [0, 0.1) is 5.82 Å². The third-order valence-corrected chi connectivity index (χ3v) is 4.49. The average Bonchev–Trinajstić information content (AvgIpc) is 2.64. The van der Waals surface area contributed by atoms with Crippen LogP contribution in [-0.4, -0.2) is 33.0 Å². The third kappa shape index (κ3) is 4.39. The van der Waals surface area contributed by atoms with E-state index in [0.717, 1.165) is 24.0 Å². The summed E-state index contributed by atoms with van der Waals surface area (Å²) >= 11 is 0.925. The van der Waals surface area contributed by atoms with Crippen LogP contribution in [0.1, 0.15) is 11.1 Å². The summed E-state index contributed by atoms with van der Waals surface area (Å²) in [5.41, 5.74) is 3.97. The lowest BCUT2D eigenvalue weighted by Gasteiger charge is -2.11. The highest BCUT2D eigenvalue weighted by Gasteiger charge is 2.34. The average molecular weight is 414 g/mol. The molecule has 0 atom stereocenters. The van der Waals surface area contributed by atoms with Crippen molar-refractivity contribution in [3.8, 4) is 0 Å². The predicted molar refractivity (Wildman–Crippen MR) is 96.5 cm³/mol. The van der Waals surface area contributed by atoms with Gasteiger partial charge in [-0.3, -0.25) is 4.79 Å². The summed E-state index contributed by atoms with van der Waals surface area (Å²) in [4.78, 5) is 26.4. The number of aromatic nitrogens is 4. The van der Waals surface area contributed by atoms with Crippen LogP contribution in [0.4, 0.5) is 23.4 Å². The summed E-state index contributed by atoms with van der Waals surface area (Å²) in [6.07, 6.45) is -3.71. The fourth-order valence-corrected chi connectivity index (χ4v) is 3.17. The van der Waals surface area contributed by atoms with Gasteiger partial charge < -0.3 is 16.0 Å². The van der Waals surface area contributed by atoms with E-state index in [1.165, 1.54) is 6.07 Å². The molecule has 7 nitrogen and oxygen atoms in total. The zero-order valence-electron chi connectivity index (χ0n) is 14.2. The fourth-order valence-electron chi connectivity index (χ4n) is 2.35. The lowest BCUT2D eigenvalue weighted by Crippen LogP contribution is -2.16. The molecule has 0 aliphatic rings. The van der Waals surface area contributed by atoms with E-state index in [1.807, 2.05) is 0 Å². The zero-order chi connectivity index (χ0) is 20.3. The second kappa shape index (κ2) is 8.10. The van der Waals surface area contributed by atoms with Crippen molar-refractivity contribution in [2.75, 3.05) is 18.4 Å². The molecule has 0 saturated heterocycles. The van der Waals surface area contributed by atoms with Gasteiger partial charge in [-0.25, -0.2) is 19.3 Å². The number of rotatable bonds is 6. The quantitative estimate of drug-likeness (QED) is 0.323. The Balaban J connectivity index is 1.92. The van der Waals surface area contributed by atoms with Crippen LogP contribution in [-0.2, 0) is 11.9 Å². The van der Waals surface area contributed by atoms with Crippen molar-refractivity contribution in [2.45, 2.75) is 17.1 Å². The molecule has 0 bridgehead atoms. The number of H-pyrrole nitrogens is 1. The number of aromatic amines is 1. The van der Waals surface area contributed by atoms with E-state index in [2.05, 4.69) is 25.3 Å². The van der Waals surface area contributed by atoms with Crippen LogP contribution in [0.2, 0.25) is 0 Å². The number of halogens is 4. The number of nitrogens with two attached hydrogens (primary N) is 1. The molecule has 0 unspecified atom stereocenters. The van der Waals surface area contributed by atoms with Gasteiger partial charge >= 0.3 is 6.18 Å². The summed E-state index contributed by atoms with van der Waals surface area (Å²) in [7, 11) is 0. The van der Waals surface area contributed by atoms with Gasteiger partial charge in [0.1, 0.15) is 11.3 Å².